The van der Waals surface area contributed by atoms with Gasteiger partial charge in [-0.05, 0) is 12.8 Å². The van der Waals surface area contributed by atoms with Crippen LogP contribution in [0.4, 0.5) is 0 Å². The molecule has 1 unspecified atom stereocenters. The molecule has 1 aromatic rings. The zero-order valence-corrected chi connectivity index (χ0v) is 15.1. The van der Waals surface area contributed by atoms with Gasteiger partial charge in [0.2, 0.25) is 5.91 Å². The lowest BCUT2D eigenvalue weighted by Gasteiger charge is -2.42. The molecular formula is C18H23N5O4. The van der Waals surface area contributed by atoms with E-state index in [9.17, 15) is 14.4 Å². The number of rotatable bonds is 3. The summed E-state index contributed by atoms with van der Waals surface area (Å²) in [4.78, 5) is 50.4. The molecule has 3 aliphatic heterocycles. The molecule has 3 amide bonds. The second-order valence-electron chi connectivity index (χ2n) is 7.15. The SMILES string of the molecule is O=C(c1cnccn1)N1CC(C(=O)N2CCN(C(=O)C3CCCO3)CC2)C1. The van der Waals surface area contributed by atoms with Gasteiger partial charge in [-0.25, -0.2) is 4.98 Å². The van der Waals surface area contributed by atoms with Crippen LogP contribution in [-0.4, -0.2) is 94.4 Å². The van der Waals surface area contributed by atoms with Gasteiger partial charge in [0.1, 0.15) is 11.8 Å². The van der Waals surface area contributed by atoms with Gasteiger partial charge in [0.15, 0.2) is 0 Å². The zero-order valence-electron chi connectivity index (χ0n) is 15.1. The molecule has 0 spiro atoms. The van der Waals surface area contributed by atoms with Crippen LogP contribution in [0.3, 0.4) is 0 Å². The van der Waals surface area contributed by atoms with Crippen molar-refractivity contribution < 1.29 is 19.1 Å². The molecule has 144 valence electrons. The van der Waals surface area contributed by atoms with Gasteiger partial charge in [-0.3, -0.25) is 19.4 Å². The molecule has 3 fully saturated rings. The number of hydrogen-bond donors (Lipinski definition) is 0. The summed E-state index contributed by atoms with van der Waals surface area (Å²) >= 11 is 0. The number of amides is 3. The number of carbonyl (C=O) groups excluding carboxylic acids is 3. The maximum absolute atomic E-state index is 12.6. The summed E-state index contributed by atoms with van der Waals surface area (Å²) in [6.07, 6.45) is 5.84. The number of nitrogens with zero attached hydrogens (tertiary/aromatic N) is 5. The van der Waals surface area contributed by atoms with Crippen molar-refractivity contribution in [1.82, 2.24) is 24.7 Å². The van der Waals surface area contributed by atoms with E-state index >= 15 is 0 Å². The first-order valence-electron chi connectivity index (χ1n) is 9.38. The molecule has 9 heteroatoms. The van der Waals surface area contributed by atoms with Gasteiger partial charge in [-0.2, -0.15) is 0 Å². The third-order valence-electron chi connectivity index (χ3n) is 5.41. The van der Waals surface area contributed by atoms with Crippen LogP contribution in [0.2, 0.25) is 0 Å². The lowest BCUT2D eigenvalue weighted by atomic mass is 9.97. The largest absolute Gasteiger partial charge is 0.368 e. The molecule has 0 saturated carbocycles. The highest BCUT2D eigenvalue weighted by Crippen LogP contribution is 2.22. The van der Waals surface area contributed by atoms with Crippen molar-refractivity contribution >= 4 is 17.7 Å². The van der Waals surface area contributed by atoms with E-state index in [1.165, 1.54) is 18.6 Å². The lowest BCUT2D eigenvalue weighted by Crippen LogP contribution is -2.60. The molecule has 3 aliphatic rings. The molecule has 9 nitrogen and oxygen atoms in total. The Hall–Kier alpha value is -2.55. The highest BCUT2D eigenvalue weighted by atomic mass is 16.5. The summed E-state index contributed by atoms with van der Waals surface area (Å²) in [6.45, 7) is 3.61. The molecular weight excluding hydrogens is 350 g/mol. The third-order valence-corrected chi connectivity index (χ3v) is 5.41. The summed E-state index contributed by atoms with van der Waals surface area (Å²) in [7, 11) is 0. The Balaban J connectivity index is 1.24. The summed E-state index contributed by atoms with van der Waals surface area (Å²) in [5.41, 5.74) is 0.296. The van der Waals surface area contributed by atoms with Gasteiger partial charge in [0.05, 0.1) is 12.1 Å². The van der Waals surface area contributed by atoms with Crippen molar-refractivity contribution in [2.24, 2.45) is 5.92 Å². The summed E-state index contributed by atoms with van der Waals surface area (Å²) < 4.78 is 5.46. The van der Waals surface area contributed by atoms with Crippen LogP contribution in [0, 0.1) is 5.92 Å². The summed E-state index contributed by atoms with van der Waals surface area (Å²) in [5.74, 6) is -0.267. The van der Waals surface area contributed by atoms with E-state index in [2.05, 4.69) is 9.97 Å². The molecule has 27 heavy (non-hydrogen) atoms. The normalized spacial score (nSPS) is 23.3. The monoisotopic (exact) mass is 373 g/mol. The highest BCUT2D eigenvalue weighted by Gasteiger charge is 2.40. The van der Waals surface area contributed by atoms with E-state index in [-0.39, 0.29) is 29.7 Å². The summed E-state index contributed by atoms with van der Waals surface area (Å²) in [6, 6.07) is 0. The Kier molecular flexibility index (Phi) is 5.02. The Labute approximate surface area is 157 Å². The topological polar surface area (TPSA) is 95.9 Å². The number of aromatic nitrogens is 2. The minimum atomic E-state index is -0.306. The third kappa shape index (κ3) is 3.64. The molecule has 0 aromatic carbocycles. The second-order valence-corrected chi connectivity index (χ2v) is 7.15. The van der Waals surface area contributed by atoms with Crippen molar-refractivity contribution in [3.63, 3.8) is 0 Å². The van der Waals surface area contributed by atoms with Gasteiger partial charge in [-0.1, -0.05) is 0 Å². The van der Waals surface area contributed by atoms with Crippen molar-refractivity contribution in [2.45, 2.75) is 18.9 Å². The van der Waals surface area contributed by atoms with E-state index < -0.39 is 0 Å². The molecule has 0 N–H and O–H groups in total. The van der Waals surface area contributed by atoms with Gasteiger partial charge in [-0.15, -0.1) is 0 Å². The minimum absolute atomic E-state index is 0.0454. The van der Waals surface area contributed by atoms with Crippen molar-refractivity contribution in [1.29, 1.82) is 0 Å². The Morgan fingerprint density at radius 2 is 1.67 bits per heavy atom. The fourth-order valence-corrected chi connectivity index (χ4v) is 3.75. The van der Waals surface area contributed by atoms with Crippen LogP contribution < -0.4 is 0 Å². The van der Waals surface area contributed by atoms with Crippen molar-refractivity contribution in [2.75, 3.05) is 45.9 Å². The fourth-order valence-electron chi connectivity index (χ4n) is 3.75. The van der Waals surface area contributed by atoms with E-state index in [1.807, 2.05) is 0 Å². The number of hydrogen-bond acceptors (Lipinski definition) is 6. The van der Waals surface area contributed by atoms with Crippen LogP contribution in [0.25, 0.3) is 0 Å². The van der Waals surface area contributed by atoms with Gasteiger partial charge < -0.3 is 19.4 Å². The van der Waals surface area contributed by atoms with Crippen LogP contribution in [0.5, 0.6) is 0 Å². The van der Waals surface area contributed by atoms with Crippen LogP contribution in [-0.2, 0) is 14.3 Å². The van der Waals surface area contributed by atoms with Crippen LogP contribution >= 0.6 is 0 Å². The number of carbonyl (C=O) groups is 3. The quantitative estimate of drug-likeness (QED) is 0.702. The Morgan fingerprint density at radius 3 is 2.26 bits per heavy atom. The average molecular weight is 373 g/mol. The van der Waals surface area contributed by atoms with E-state index in [0.717, 1.165) is 12.8 Å². The van der Waals surface area contributed by atoms with Crippen molar-refractivity contribution in [3.05, 3.63) is 24.3 Å². The van der Waals surface area contributed by atoms with E-state index in [1.54, 1.807) is 14.7 Å². The molecule has 4 rings (SSSR count). The van der Waals surface area contributed by atoms with Crippen LogP contribution in [0.1, 0.15) is 23.3 Å². The van der Waals surface area contributed by atoms with Gasteiger partial charge in [0, 0.05) is 58.3 Å². The van der Waals surface area contributed by atoms with E-state index in [0.29, 0.717) is 51.6 Å². The predicted molar refractivity (Wildman–Crippen MR) is 93.6 cm³/mol. The second kappa shape index (κ2) is 7.59. The Bertz CT molecular complexity index is 708. The lowest BCUT2D eigenvalue weighted by molar-refractivity contribution is -0.149. The first-order chi connectivity index (χ1) is 13.1. The summed E-state index contributed by atoms with van der Waals surface area (Å²) in [5, 5.41) is 0. The molecule has 0 radical (unpaired) electrons. The zero-order chi connectivity index (χ0) is 18.8. The predicted octanol–water partition coefficient (Wildman–Crippen LogP) is -0.602. The van der Waals surface area contributed by atoms with Gasteiger partial charge >= 0.3 is 0 Å². The maximum atomic E-state index is 12.6. The molecule has 0 aliphatic carbocycles. The number of likely N-dealkylation sites (tertiary alicyclic amines) is 1. The first-order valence-corrected chi connectivity index (χ1v) is 9.38. The fraction of sp³-hybridized carbons (Fsp3) is 0.611. The van der Waals surface area contributed by atoms with Gasteiger partial charge in [0.25, 0.3) is 11.8 Å². The average Bonchev–Trinajstić information content (AvgIpc) is 3.21. The van der Waals surface area contributed by atoms with Crippen molar-refractivity contribution in [3.8, 4) is 0 Å². The molecule has 4 heterocycles. The highest BCUT2D eigenvalue weighted by molar-refractivity contribution is 5.94. The maximum Gasteiger partial charge on any atom is 0.274 e. The number of ether oxygens (including phenoxy) is 1. The molecule has 3 saturated heterocycles. The molecule has 1 atom stereocenters. The molecule has 0 bridgehead atoms. The standard InChI is InChI=1S/C18H23N5O4/c24-16(13-11-23(12-13)17(25)14-10-19-3-4-20-14)21-5-7-22(8-6-21)18(26)15-2-1-9-27-15/h3-4,10,13,15H,1-2,5-9,11-12H2. The van der Waals surface area contributed by atoms with E-state index in [4.69, 9.17) is 4.74 Å². The Morgan fingerprint density at radius 1 is 0.963 bits per heavy atom. The first kappa shape index (κ1) is 17.8. The number of piperazine rings is 1. The smallest absolute Gasteiger partial charge is 0.274 e. The minimum Gasteiger partial charge on any atom is -0.368 e. The molecule has 1 aromatic heterocycles. The van der Waals surface area contributed by atoms with Crippen LogP contribution in [0.15, 0.2) is 18.6 Å².